The molecule has 0 saturated carbocycles. The average Bonchev–Trinajstić information content (AvgIpc) is 3.07. The van der Waals surface area contributed by atoms with Crippen molar-refractivity contribution < 1.29 is 8.42 Å². The number of hydrogen-bond acceptors (Lipinski definition) is 5. The van der Waals surface area contributed by atoms with Crippen molar-refractivity contribution in [3.8, 4) is 16.9 Å². The number of fused-ring (bicyclic) bond motifs is 3. The fraction of sp³-hybridized carbons (Fsp3) is 0.300. The Morgan fingerprint density at radius 2 is 1.96 bits per heavy atom. The molecule has 0 spiro atoms. The number of hydrogen-bond donors (Lipinski definition) is 0. The summed E-state index contributed by atoms with van der Waals surface area (Å²) in [6.07, 6.45) is 3.17. The smallest absolute Gasteiger partial charge is 0.267 e. The van der Waals surface area contributed by atoms with Crippen molar-refractivity contribution >= 4 is 32.8 Å². The molecule has 146 valence electrons. The van der Waals surface area contributed by atoms with Gasteiger partial charge < -0.3 is 0 Å². The highest BCUT2D eigenvalue weighted by Crippen LogP contribution is 2.39. The lowest BCUT2D eigenvalue weighted by atomic mass is 10.1. The zero-order chi connectivity index (χ0) is 19.9. The average molecular weight is 435 g/mol. The Hall–Kier alpha value is -1.96. The normalized spacial score (nSPS) is 14.9. The Balaban J connectivity index is 1.92. The van der Waals surface area contributed by atoms with Gasteiger partial charge in [0.1, 0.15) is 4.21 Å². The molecule has 0 aliphatic carbocycles. The third-order valence-corrected chi connectivity index (χ3v) is 8.56. The zero-order valence-electron chi connectivity index (χ0n) is 15.3. The summed E-state index contributed by atoms with van der Waals surface area (Å²) in [5.41, 5.74) is 2.17. The first-order valence-electron chi connectivity index (χ1n) is 9.14. The molecule has 1 aromatic carbocycles. The highest BCUT2D eigenvalue weighted by atomic mass is 35.5. The molecular weight excluding hydrogens is 416 g/mol. The lowest BCUT2D eigenvalue weighted by molar-refractivity contribution is 0.598. The molecular formula is C20H19ClN2O3S2. The van der Waals surface area contributed by atoms with Crippen LogP contribution in [-0.4, -0.2) is 24.0 Å². The first-order chi connectivity index (χ1) is 13.4. The molecule has 5 nitrogen and oxygen atoms in total. The molecule has 0 atom stereocenters. The number of unbranched alkanes of at least 4 members (excludes halogenated alkanes) is 1. The molecule has 28 heavy (non-hydrogen) atoms. The van der Waals surface area contributed by atoms with E-state index in [1.807, 2.05) is 6.07 Å². The highest BCUT2D eigenvalue weighted by molar-refractivity contribution is 7.93. The van der Waals surface area contributed by atoms with E-state index in [1.54, 1.807) is 24.3 Å². The molecule has 8 heteroatoms. The minimum Gasteiger partial charge on any atom is -0.267 e. The van der Waals surface area contributed by atoms with E-state index in [1.165, 1.54) is 22.1 Å². The van der Waals surface area contributed by atoms with E-state index >= 15 is 0 Å². The molecule has 4 rings (SSSR count). The second-order valence-corrected chi connectivity index (χ2v) is 10.7. The molecule has 0 N–H and O–H groups in total. The van der Waals surface area contributed by atoms with Crippen molar-refractivity contribution in [2.24, 2.45) is 0 Å². The third-order valence-electron chi connectivity index (χ3n) is 4.79. The fourth-order valence-corrected chi connectivity index (χ4v) is 6.60. The van der Waals surface area contributed by atoms with Crippen LogP contribution in [0, 0.1) is 0 Å². The van der Waals surface area contributed by atoms with Crippen LogP contribution in [0.3, 0.4) is 0 Å². The molecule has 1 aliphatic heterocycles. The van der Waals surface area contributed by atoms with E-state index in [-0.39, 0.29) is 17.7 Å². The van der Waals surface area contributed by atoms with Crippen molar-refractivity contribution in [3.63, 3.8) is 0 Å². The number of halogens is 1. The minimum absolute atomic E-state index is 0.00713. The van der Waals surface area contributed by atoms with Crippen molar-refractivity contribution in [1.82, 2.24) is 9.78 Å². The van der Waals surface area contributed by atoms with Gasteiger partial charge >= 0.3 is 0 Å². The number of thiophene rings is 1. The number of aryl methyl sites for hydroxylation is 2. The SMILES string of the molecule is CCCCc1cc2c(s1)S(=O)(=O)CCc1cc(=O)n(-c3ccc(Cl)cc3)nc1-2. The molecule has 0 saturated heterocycles. The van der Waals surface area contributed by atoms with Gasteiger partial charge in [0.25, 0.3) is 5.56 Å². The van der Waals surface area contributed by atoms with E-state index in [9.17, 15) is 13.2 Å². The lowest BCUT2D eigenvalue weighted by Gasteiger charge is -2.10. The van der Waals surface area contributed by atoms with Crippen molar-refractivity contribution in [2.75, 3.05) is 5.75 Å². The number of benzene rings is 1. The summed E-state index contributed by atoms with van der Waals surface area (Å²) in [7, 11) is -3.40. The maximum absolute atomic E-state index is 12.8. The van der Waals surface area contributed by atoms with Crippen LogP contribution < -0.4 is 5.56 Å². The number of aromatic nitrogens is 2. The Kier molecular flexibility index (Phi) is 5.16. The van der Waals surface area contributed by atoms with Crippen LogP contribution in [0.1, 0.15) is 30.2 Å². The first kappa shape index (κ1) is 19.4. The molecule has 3 aromatic rings. The van der Waals surface area contributed by atoms with Crippen LogP contribution in [0.4, 0.5) is 0 Å². The molecule has 0 radical (unpaired) electrons. The summed E-state index contributed by atoms with van der Waals surface area (Å²) in [5, 5.41) is 5.14. The summed E-state index contributed by atoms with van der Waals surface area (Å²) in [5.74, 6) is -0.00713. The van der Waals surface area contributed by atoms with Gasteiger partial charge in [-0.15, -0.1) is 11.3 Å². The van der Waals surface area contributed by atoms with E-state index < -0.39 is 9.84 Å². The van der Waals surface area contributed by atoms with Gasteiger partial charge in [-0.2, -0.15) is 9.78 Å². The van der Waals surface area contributed by atoms with Crippen LogP contribution >= 0.6 is 22.9 Å². The summed E-state index contributed by atoms with van der Waals surface area (Å²) in [6.45, 7) is 2.11. The molecule has 2 aromatic heterocycles. The molecule has 0 unspecified atom stereocenters. The van der Waals surface area contributed by atoms with Crippen molar-refractivity contribution in [1.29, 1.82) is 0 Å². The van der Waals surface area contributed by atoms with E-state index in [2.05, 4.69) is 12.0 Å². The summed E-state index contributed by atoms with van der Waals surface area (Å²) >= 11 is 7.28. The molecule has 0 fully saturated rings. The van der Waals surface area contributed by atoms with Gasteiger partial charge in [-0.05, 0) is 55.2 Å². The molecule has 1 aliphatic rings. The standard InChI is InChI=1S/C20H19ClN2O3S2/c1-2-3-4-16-12-17-19-13(9-10-28(25,26)20(17)27-16)11-18(24)23(22-19)15-7-5-14(21)6-8-15/h5-8,11-12H,2-4,9-10H2,1H3. The molecule has 0 bridgehead atoms. The maximum atomic E-state index is 12.8. The quantitative estimate of drug-likeness (QED) is 0.614. The first-order valence-corrected chi connectivity index (χ1v) is 12.0. The van der Waals surface area contributed by atoms with Crippen LogP contribution in [0.15, 0.2) is 45.4 Å². The second-order valence-electron chi connectivity index (χ2n) is 6.83. The molecule has 0 amide bonds. The van der Waals surface area contributed by atoms with Gasteiger partial charge in [-0.1, -0.05) is 24.9 Å². The topological polar surface area (TPSA) is 69.0 Å². The van der Waals surface area contributed by atoms with E-state index in [0.717, 1.165) is 24.1 Å². The van der Waals surface area contributed by atoms with Crippen molar-refractivity contribution in [2.45, 2.75) is 36.8 Å². The second kappa shape index (κ2) is 7.46. The predicted molar refractivity (Wildman–Crippen MR) is 113 cm³/mol. The minimum atomic E-state index is -3.40. The Morgan fingerprint density at radius 1 is 1.21 bits per heavy atom. The Labute approximate surface area is 172 Å². The fourth-order valence-electron chi connectivity index (χ4n) is 3.31. The summed E-state index contributed by atoms with van der Waals surface area (Å²) < 4.78 is 27.3. The van der Waals surface area contributed by atoms with Gasteiger partial charge in [0.15, 0.2) is 9.84 Å². The van der Waals surface area contributed by atoms with Gasteiger partial charge in [0, 0.05) is 21.5 Å². The van der Waals surface area contributed by atoms with Gasteiger partial charge in [0.05, 0.1) is 17.1 Å². The van der Waals surface area contributed by atoms with Gasteiger partial charge in [0.2, 0.25) is 0 Å². The number of nitrogens with zero attached hydrogens (tertiary/aromatic N) is 2. The zero-order valence-corrected chi connectivity index (χ0v) is 17.7. The monoisotopic (exact) mass is 434 g/mol. The third kappa shape index (κ3) is 3.54. The van der Waals surface area contributed by atoms with Crippen LogP contribution in [-0.2, 0) is 22.7 Å². The Morgan fingerprint density at radius 3 is 2.68 bits per heavy atom. The largest absolute Gasteiger partial charge is 0.271 e. The van der Waals surface area contributed by atoms with Crippen LogP contribution in [0.2, 0.25) is 5.02 Å². The predicted octanol–water partition coefficient (Wildman–Crippen LogP) is 4.29. The van der Waals surface area contributed by atoms with Crippen LogP contribution in [0.5, 0.6) is 0 Å². The number of rotatable bonds is 4. The summed E-state index contributed by atoms with van der Waals surface area (Å²) in [4.78, 5) is 13.7. The Bertz CT molecular complexity index is 1200. The van der Waals surface area contributed by atoms with Gasteiger partial charge in [-0.3, -0.25) is 4.79 Å². The summed E-state index contributed by atoms with van der Waals surface area (Å²) in [6, 6.07) is 10.3. The highest BCUT2D eigenvalue weighted by Gasteiger charge is 2.30. The van der Waals surface area contributed by atoms with Crippen molar-refractivity contribution in [3.05, 3.63) is 62.2 Å². The van der Waals surface area contributed by atoms with Gasteiger partial charge in [-0.25, -0.2) is 8.42 Å². The number of sulfone groups is 1. The van der Waals surface area contributed by atoms with Crippen LogP contribution in [0.25, 0.3) is 16.9 Å². The van der Waals surface area contributed by atoms with E-state index in [0.29, 0.717) is 31.7 Å². The molecule has 3 heterocycles. The maximum Gasteiger partial charge on any atom is 0.271 e. The van der Waals surface area contributed by atoms with E-state index in [4.69, 9.17) is 11.6 Å². The lowest BCUT2D eigenvalue weighted by Crippen LogP contribution is -2.22.